The monoisotopic (exact) mass is 190 g/mol. The van der Waals surface area contributed by atoms with Gasteiger partial charge in [-0.2, -0.15) is 0 Å². The minimum atomic E-state index is 0.928. The summed E-state index contributed by atoms with van der Waals surface area (Å²) in [5, 5.41) is 0. The van der Waals surface area contributed by atoms with Crippen molar-refractivity contribution in [1.29, 1.82) is 0 Å². The average Bonchev–Trinajstić information content (AvgIpc) is 2.30. The standard InChI is InChI=1S/C12H16NO/c1-14-12-7-5-11(6-8-12)13-9-3-2-4-10-13/h2,5-8H,3-4,9-10H2,1H3. The molecule has 1 fully saturated rings. The predicted molar refractivity (Wildman–Crippen MR) is 58.7 cm³/mol. The third kappa shape index (κ3) is 2.00. The van der Waals surface area contributed by atoms with E-state index in [9.17, 15) is 0 Å². The van der Waals surface area contributed by atoms with Gasteiger partial charge in [-0.25, -0.2) is 0 Å². The SMILES string of the molecule is COc1ccc(N2CC[CH]CC2)cc1. The quantitative estimate of drug-likeness (QED) is 0.710. The molecule has 0 aliphatic carbocycles. The van der Waals surface area contributed by atoms with Gasteiger partial charge in [0.05, 0.1) is 7.11 Å². The molecule has 1 aliphatic heterocycles. The molecule has 75 valence electrons. The molecule has 1 saturated heterocycles. The van der Waals surface area contributed by atoms with Crippen LogP contribution in [0.4, 0.5) is 5.69 Å². The van der Waals surface area contributed by atoms with Crippen LogP contribution in [-0.4, -0.2) is 20.2 Å². The van der Waals surface area contributed by atoms with Gasteiger partial charge in [0.15, 0.2) is 0 Å². The first kappa shape index (κ1) is 9.38. The first-order valence-electron chi connectivity index (χ1n) is 5.11. The molecule has 0 aromatic heterocycles. The molecule has 2 heteroatoms. The molecule has 0 spiro atoms. The van der Waals surface area contributed by atoms with Crippen molar-refractivity contribution in [2.45, 2.75) is 12.8 Å². The fourth-order valence-electron chi connectivity index (χ4n) is 1.80. The van der Waals surface area contributed by atoms with Crippen LogP contribution in [0, 0.1) is 6.42 Å². The number of hydrogen-bond acceptors (Lipinski definition) is 2. The number of piperidine rings is 1. The zero-order chi connectivity index (χ0) is 9.80. The summed E-state index contributed by atoms with van der Waals surface area (Å²) >= 11 is 0. The van der Waals surface area contributed by atoms with Crippen molar-refractivity contribution in [3.8, 4) is 5.75 Å². The molecule has 0 unspecified atom stereocenters. The lowest BCUT2D eigenvalue weighted by molar-refractivity contribution is 0.415. The van der Waals surface area contributed by atoms with E-state index in [0.29, 0.717) is 0 Å². The van der Waals surface area contributed by atoms with Crippen LogP contribution in [0.3, 0.4) is 0 Å². The van der Waals surface area contributed by atoms with Gasteiger partial charge in [-0.1, -0.05) is 0 Å². The Morgan fingerprint density at radius 3 is 2.29 bits per heavy atom. The lowest BCUT2D eigenvalue weighted by Gasteiger charge is -2.28. The molecule has 1 radical (unpaired) electrons. The number of hydrogen-bond donors (Lipinski definition) is 0. The van der Waals surface area contributed by atoms with Crippen LogP contribution < -0.4 is 9.64 Å². The molecular formula is C12H16NO. The third-order valence-corrected chi connectivity index (χ3v) is 2.64. The van der Waals surface area contributed by atoms with Crippen LogP contribution in [0.15, 0.2) is 24.3 Å². The van der Waals surface area contributed by atoms with Gasteiger partial charge >= 0.3 is 0 Å². The van der Waals surface area contributed by atoms with Gasteiger partial charge in [0.1, 0.15) is 5.75 Å². The predicted octanol–water partition coefficient (Wildman–Crippen LogP) is 2.50. The summed E-state index contributed by atoms with van der Waals surface area (Å²) in [7, 11) is 1.70. The van der Waals surface area contributed by atoms with Gasteiger partial charge in [0.2, 0.25) is 0 Å². The molecule has 1 aliphatic rings. The van der Waals surface area contributed by atoms with E-state index in [1.807, 2.05) is 12.1 Å². The lowest BCUT2D eigenvalue weighted by atomic mass is 10.1. The second kappa shape index (κ2) is 4.36. The van der Waals surface area contributed by atoms with E-state index < -0.39 is 0 Å². The molecule has 1 aromatic carbocycles. The van der Waals surface area contributed by atoms with Crippen LogP contribution in [0.1, 0.15) is 12.8 Å². The molecular weight excluding hydrogens is 174 g/mol. The normalized spacial score (nSPS) is 16.8. The highest BCUT2D eigenvalue weighted by molar-refractivity contribution is 5.49. The molecule has 0 bridgehead atoms. The molecule has 0 amide bonds. The Morgan fingerprint density at radius 1 is 1.07 bits per heavy atom. The van der Waals surface area contributed by atoms with Crippen molar-refractivity contribution in [1.82, 2.24) is 0 Å². The first-order valence-corrected chi connectivity index (χ1v) is 5.11. The van der Waals surface area contributed by atoms with Crippen molar-refractivity contribution < 1.29 is 4.74 Å². The van der Waals surface area contributed by atoms with Gasteiger partial charge in [-0.05, 0) is 43.5 Å². The highest BCUT2D eigenvalue weighted by Gasteiger charge is 2.10. The maximum atomic E-state index is 5.13. The number of nitrogens with zero attached hydrogens (tertiary/aromatic N) is 1. The Kier molecular flexibility index (Phi) is 2.92. The van der Waals surface area contributed by atoms with E-state index in [-0.39, 0.29) is 0 Å². The largest absolute Gasteiger partial charge is 0.497 e. The molecule has 0 atom stereocenters. The van der Waals surface area contributed by atoms with E-state index in [1.165, 1.54) is 18.5 Å². The second-order valence-corrected chi connectivity index (χ2v) is 3.55. The summed E-state index contributed by atoms with van der Waals surface area (Å²) in [5.74, 6) is 0.928. The molecule has 1 heterocycles. The summed E-state index contributed by atoms with van der Waals surface area (Å²) in [6.07, 6.45) is 4.76. The Hall–Kier alpha value is -1.18. The molecule has 1 aromatic rings. The Labute approximate surface area is 85.5 Å². The Balaban J connectivity index is 2.07. The van der Waals surface area contributed by atoms with Crippen LogP contribution in [-0.2, 0) is 0 Å². The number of rotatable bonds is 2. The van der Waals surface area contributed by atoms with Crippen LogP contribution in [0.5, 0.6) is 5.75 Å². The van der Waals surface area contributed by atoms with Crippen LogP contribution in [0.2, 0.25) is 0 Å². The van der Waals surface area contributed by atoms with E-state index >= 15 is 0 Å². The van der Waals surface area contributed by atoms with Crippen molar-refractivity contribution >= 4 is 5.69 Å². The Bertz CT molecular complexity index is 275. The van der Waals surface area contributed by atoms with Crippen LogP contribution in [0.25, 0.3) is 0 Å². The van der Waals surface area contributed by atoms with Crippen molar-refractivity contribution in [3.63, 3.8) is 0 Å². The second-order valence-electron chi connectivity index (χ2n) is 3.55. The maximum absolute atomic E-state index is 5.13. The van der Waals surface area contributed by atoms with Gasteiger partial charge in [-0.15, -0.1) is 0 Å². The smallest absolute Gasteiger partial charge is 0.119 e. The third-order valence-electron chi connectivity index (χ3n) is 2.64. The average molecular weight is 190 g/mol. The fraction of sp³-hybridized carbons (Fsp3) is 0.417. The van der Waals surface area contributed by atoms with Crippen molar-refractivity contribution in [3.05, 3.63) is 30.7 Å². The summed E-state index contributed by atoms with van der Waals surface area (Å²) in [6, 6.07) is 8.30. The topological polar surface area (TPSA) is 12.5 Å². The molecule has 2 rings (SSSR count). The fourth-order valence-corrected chi connectivity index (χ4v) is 1.80. The summed E-state index contributed by atoms with van der Waals surface area (Å²) in [5.41, 5.74) is 1.30. The summed E-state index contributed by atoms with van der Waals surface area (Å²) < 4.78 is 5.13. The minimum absolute atomic E-state index is 0.928. The van der Waals surface area contributed by atoms with E-state index in [2.05, 4.69) is 23.5 Å². The number of anilines is 1. The maximum Gasteiger partial charge on any atom is 0.119 e. The van der Waals surface area contributed by atoms with E-state index in [4.69, 9.17) is 4.74 Å². The number of ether oxygens (including phenoxy) is 1. The highest BCUT2D eigenvalue weighted by Crippen LogP contribution is 2.21. The highest BCUT2D eigenvalue weighted by atomic mass is 16.5. The minimum Gasteiger partial charge on any atom is -0.497 e. The molecule has 0 saturated carbocycles. The molecule has 14 heavy (non-hydrogen) atoms. The molecule has 0 N–H and O–H groups in total. The van der Waals surface area contributed by atoms with Gasteiger partial charge in [0.25, 0.3) is 0 Å². The van der Waals surface area contributed by atoms with E-state index in [0.717, 1.165) is 18.8 Å². The first-order chi connectivity index (χ1) is 6.90. The van der Waals surface area contributed by atoms with Crippen LogP contribution >= 0.6 is 0 Å². The van der Waals surface area contributed by atoms with Crippen molar-refractivity contribution in [2.24, 2.45) is 0 Å². The van der Waals surface area contributed by atoms with Gasteiger partial charge in [-0.3, -0.25) is 0 Å². The van der Waals surface area contributed by atoms with E-state index in [1.54, 1.807) is 7.11 Å². The molecule has 2 nitrogen and oxygen atoms in total. The Morgan fingerprint density at radius 2 is 1.71 bits per heavy atom. The van der Waals surface area contributed by atoms with Crippen molar-refractivity contribution in [2.75, 3.05) is 25.1 Å². The summed E-state index contributed by atoms with van der Waals surface area (Å²) in [6.45, 7) is 2.29. The summed E-state index contributed by atoms with van der Waals surface area (Å²) in [4.78, 5) is 2.42. The zero-order valence-corrected chi connectivity index (χ0v) is 8.57. The zero-order valence-electron chi connectivity index (χ0n) is 8.57. The number of benzene rings is 1. The lowest BCUT2D eigenvalue weighted by Crippen LogP contribution is -2.29. The van der Waals surface area contributed by atoms with Gasteiger partial charge < -0.3 is 9.64 Å². The van der Waals surface area contributed by atoms with Gasteiger partial charge in [0, 0.05) is 18.8 Å². The number of methoxy groups -OCH3 is 1.